The molecule has 0 atom stereocenters. The Balaban J connectivity index is 1.51. The third-order valence-electron chi connectivity index (χ3n) is 4.38. The van der Waals surface area contributed by atoms with E-state index in [4.69, 9.17) is 11.6 Å². The first-order chi connectivity index (χ1) is 12.7. The van der Waals surface area contributed by atoms with Crippen LogP contribution in [0.2, 0.25) is 5.02 Å². The number of para-hydroxylation sites is 1. The van der Waals surface area contributed by atoms with E-state index in [9.17, 15) is 4.79 Å². The number of benzene rings is 2. The molecule has 1 saturated heterocycles. The van der Waals surface area contributed by atoms with Gasteiger partial charge in [0.15, 0.2) is 5.13 Å². The first-order valence-electron chi connectivity index (χ1n) is 8.56. The fourth-order valence-corrected chi connectivity index (χ4v) is 4.09. The molecule has 0 saturated carbocycles. The van der Waals surface area contributed by atoms with E-state index < -0.39 is 0 Å². The van der Waals surface area contributed by atoms with Crippen molar-refractivity contribution in [1.82, 2.24) is 10.3 Å². The Hall–Kier alpha value is -2.21. The molecule has 4 rings (SSSR count). The molecule has 0 radical (unpaired) electrons. The number of hydrogen-bond donors (Lipinski definition) is 2. The lowest BCUT2D eigenvalue weighted by molar-refractivity contribution is 0.102. The van der Waals surface area contributed by atoms with Gasteiger partial charge in [0, 0.05) is 10.6 Å². The Kier molecular flexibility index (Phi) is 5.02. The van der Waals surface area contributed by atoms with Crippen molar-refractivity contribution in [1.29, 1.82) is 0 Å². The van der Waals surface area contributed by atoms with Gasteiger partial charge < -0.3 is 5.32 Å². The number of halogens is 1. The molecule has 1 aromatic heterocycles. The summed E-state index contributed by atoms with van der Waals surface area (Å²) in [5, 5.41) is 7.38. The Bertz CT molecular complexity index is 955. The first kappa shape index (κ1) is 17.2. The minimum absolute atomic E-state index is 0.202. The zero-order valence-corrected chi connectivity index (χ0v) is 15.7. The molecular formula is C20H18ClN3OS. The minimum atomic E-state index is -0.202. The van der Waals surface area contributed by atoms with Gasteiger partial charge in [-0.3, -0.25) is 10.1 Å². The van der Waals surface area contributed by atoms with Crippen LogP contribution < -0.4 is 10.6 Å². The van der Waals surface area contributed by atoms with E-state index in [2.05, 4.69) is 21.7 Å². The molecule has 0 bridgehead atoms. The molecule has 1 fully saturated rings. The molecule has 0 unspecified atom stereocenters. The third kappa shape index (κ3) is 3.80. The highest BCUT2D eigenvalue weighted by Crippen LogP contribution is 2.27. The molecule has 1 amide bonds. The van der Waals surface area contributed by atoms with Crippen LogP contribution in [0, 0.1) is 0 Å². The Morgan fingerprint density at radius 1 is 1.19 bits per heavy atom. The molecule has 2 N–H and O–H groups in total. The second-order valence-corrected chi connectivity index (χ2v) is 7.67. The molecule has 2 aromatic carbocycles. The van der Waals surface area contributed by atoms with Crippen molar-refractivity contribution in [2.75, 3.05) is 18.4 Å². The van der Waals surface area contributed by atoms with Crippen molar-refractivity contribution < 1.29 is 4.79 Å². The van der Waals surface area contributed by atoms with Crippen LogP contribution in [0.25, 0.3) is 16.3 Å². The standard InChI is InChI=1S/C20H18ClN3OS/c21-16-12-15(6-5-14(16)11-13-7-9-22-10-8-13)19(25)24-20-23-17-3-1-2-4-18(17)26-20/h1-6,11-12,22H,7-10H2,(H,23,24,25). The van der Waals surface area contributed by atoms with Gasteiger partial charge in [0.2, 0.25) is 0 Å². The van der Waals surface area contributed by atoms with Crippen LogP contribution in [0.4, 0.5) is 5.13 Å². The summed E-state index contributed by atoms with van der Waals surface area (Å²) in [5.41, 5.74) is 3.76. The van der Waals surface area contributed by atoms with Gasteiger partial charge in [0.25, 0.3) is 5.91 Å². The zero-order chi connectivity index (χ0) is 17.9. The van der Waals surface area contributed by atoms with Crippen LogP contribution >= 0.6 is 22.9 Å². The number of piperidine rings is 1. The molecule has 26 heavy (non-hydrogen) atoms. The highest BCUT2D eigenvalue weighted by molar-refractivity contribution is 7.22. The molecule has 3 aromatic rings. The van der Waals surface area contributed by atoms with Gasteiger partial charge in [-0.1, -0.05) is 52.8 Å². The number of amides is 1. The van der Waals surface area contributed by atoms with Gasteiger partial charge in [-0.15, -0.1) is 0 Å². The summed E-state index contributed by atoms with van der Waals surface area (Å²) in [6.45, 7) is 2.01. The molecule has 2 heterocycles. The van der Waals surface area contributed by atoms with Crippen LogP contribution in [0.5, 0.6) is 0 Å². The van der Waals surface area contributed by atoms with Gasteiger partial charge in [0.1, 0.15) is 0 Å². The Labute approximate surface area is 160 Å². The maximum Gasteiger partial charge on any atom is 0.257 e. The number of nitrogens with zero attached hydrogens (tertiary/aromatic N) is 1. The number of fused-ring (bicyclic) bond motifs is 1. The number of hydrogen-bond acceptors (Lipinski definition) is 4. The fraction of sp³-hybridized carbons (Fsp3) is 0.200. The summed E-state index contributed by atoms with van der Waals surface area (Å²) in [6, 6.07) is 13.2. The second kappa shape index (κ2) is 7.58. The monoisotopic (exact) mass is 383 g/mol. The van der Waals surface area contributed by atoms with E-state index >= 15 is 0 Å². The molecule has 6 heteroatoms. The summed E-state index contributed by atoms with van der Waals surface area (Å²) < 4.78 is 1.05. The van der Waals surface area contributed by atoms with Crippen molar-refractivity contribution in [2.24, 2.45) is 0 Å². The zero-order valence-electron chi connectivity index (χ0n) is 14.1. The van der Waals surface area contributed by atoms with E-state index in [0.29, 0.717) is 15.7 Å². The van der Waals surface area contributed by atoms with E-state index in [0.717, 1.165) is 41.7 Å². The predicted molar refractivity (Wildman–Crippen MR) is 109 cm³/mol. The van der Waals surface area contributed by atoms with E-state index in [1.165, 1.54) is 16.9 Å². The summed E-state index contributed by atoms with van der Waals surface area (Å²) in [6.07, 6.45) is 4.21. The van der Waals surface area contributed by atoms with Gasteiger partial charge in [-0.2, -0.15) is 0 Å². The summed E-state index contributed by atoms with van der Waals surface area (Å²) in [5.74, 6) is -0.202. The van der Waals surface area contributed by atoms with Crippen LogP contribution in [0.15, 0.2) is 48.0 Å². The summed E-state index contributed by atoms with van der Waals surface area (Å²) in [7, 11) is 0. The summed E-state index contributed by atoms with van der Waals surface area (Å²) >= 11 is 7.87. The maximum atomic E-state index is 12.5. The average molecular weight is 384 g/mol. The lowest BCUT2D eigenvalue weighted by Gasteiger charge is -2.15. The van der Waals surface area contributed by atoms with Gasteiger partial charge >= 0.3 is 0 Å². The molecule has 4 nitrogen and oxygen atoms in total. The molecule has 1 aliphatic rings. The van der Waals surface area contributed by atoms with Gasteiger partial charge in [0.05, 0.1) is 10.2 Å². The van der Waals surface area contributed by atoms with Crippen LogP contribution in [0.3, 0.4) is 0 Å². The lowest BCUT2D eigenvalue weighted by Crippen LogP contribution is -2.22. The normalized spacial score (nSPS) is 14.4. The predicted octanol–water partition coefficient (Wildman–Crippen LogP) is 4.97. The number of rotatable bonds is 3. The van der Waals surface area contributed by atoms with E-state index in [1.54, 1.807) is 6.07 Å². The number of carbonyl (C=O) groups excluding carboxylic acids is 1. The highest BCUT2D eigenvalue weighted by atomic mass is 35.5. The van der Waals surface area contributed by atoms with Crippen LogP contribution in [-0.2, 0) is 0 Å². The number of aromatic nitrogens is 1. The SMILES string of the molecule is O=C(Nc1nc2ccccc2s1)c1ccc(C=C2CCNCC2)c(Cl)c1. The highest BCUT2D eigenvalue weighted by Gasteiger charge is 2.12. The second-order valence-electron chi connectivity index (χ2n) is 6.23. The lowest BCUT2D eigenvalue weighted by atomic mass is 10.0. The van der Waals surface area contributed by atoms with E-state index in [1.807, 2.05) is 36.4 Å². The third-order valence-corrected chi connectivity index (χ3v) is 5.66. The van der Waals surface area contributed by atoms with Crippen molar-refractivity contribution in [3.8, 4) is 0 Å². The number of thiazole rings is 1. The number of carbonyl (C=O) groups is 1. The average Bonchev–Trinajstić information content (AvgIpc) is 3.06. The van der Waals surface area contributed by atoms with Crippen molar-refractivity contribution >= 4 is 50.3 Å². The fourth-order valence-electron chi connectivity index (χ4n) is 2.99. The van der Waals surface area contributed by atoms with Crippen molar-refractivity contribution in [2.45, 2.75) is 12.8 Å². The van der Waals surface area contributed by atoms with Gasteiger partial charge in [-0.05, 0) is 55.8 Å². The molecular weight excluding hydrogens is 366 g/mol. The molecule has 0 aliphatic carbocycles. The molecule has 132 valence electrons. The minimum Gasteiger partial charge on any atom is -0.316 e. The van der Waals surface area contributed by atoms with Crippen molar-refractivity contribution in [3.63, 3.8) is 0 Å². The van der Waals surface area contributed by atoms with Crippen molar-refractivity contribution in [3.05, 3.63) is 64.2 Å². The Morgan fingerprint density at radius 2 is 2.00 bits per heavy atom. The topological polar surface area (TPSA) is 54.0 Å². The number of anilines is 1. The van der Waals surface area contributed by atoms with Gasteiger partial charge in [-0.25, -0.2) is 4.98 Å². The smallest absolute Gasteiger partial charge is 0.257 e. The summed E-state index contributed by atoms with van der Waals surface area (Å²) in [4.78, 5) is 17.0. The number of nitrogens with one attached hydrogen (secondary N) is 2. The molecule has 0 spiro atoms. The van der Waals surface area contributed by atoms with Crippen LogP contribution in [0.1, 0.15) is 28.8 Å². The largest absolute Gasteiger partial charge is 0.316 e. The Morgan fingerprint density at radius 3 is 2.77 bits per heavy atom. The molecule has 1 aliphatic heterocycles. The van der Waals surface area contributed by atoms with Crippen LogP contribution in [-0.4, -0.2) is 24.0 Å². The maximum absolute atomic E-state index is 12.5. The van der Waals surface area contributed by atoms with E-state index in [-0.39, 0.29) is 5.91 Å². The first-order valence-corrected chi connectivity index (χ1v) is 9.75. The quantitative estimate of drug-likeness (QED) is 0.671.